The van der Waals surface area contributed by atoms with Gasteiger partial charge in [0.05, 0.1) is 18.9 Å². The van der Waals surface area contributed by atoms with Gasteiger partial charge in [0.2, 0.25) is 5.91 Å². The number of halogens is 1. The van der Waals surface area contributed by atoms with Gasteiger partial charge in [-0.05, 0) is 59.7 Å². The Labute approximate surface area is 175 Å². The van der Waals surface area contributed by atoms with Crippen molar-refractivity contribution in [3.63, 3.8) is 0 Å². The number of nitrogens with zero attached hydrogens (tertiary/aromatic N) is 1. The third kappa shape index (κ3) is 4.36. The topological polar surface area (TPSA) is 46.6 Å². The standard InChI is InChI=1S/C22H24ClNO3S/c1-13(2)18-10-16(14(3)9-19(18)27-4)11-20-21(25)24(22(26)28-20)12-15-5-7-17(23)8-6-15/h5-10,13,20H,11-12H2,1-4H3/t20-/m0/s1. The summed E-state index contributed by atoms with van der Waals surface area (Å²) in [6.07, 6.45) is 0.530. The van der Waals surface area contributed by atoms with Crippen LogP contribution < -0.4 is 4.74 Å². The molecule has 0 saturated carbocycles. The molecule has 1 aliphatic heterocycles. The number of ether oxygens (including phenoxy) is 1. The molecule has 1 fully saturated rings. The summed E-state index contributed by atoms with van der Waals surface area (Å²) in [5.74, 6) is 1.04. The average Bonchev–Trinajstić information content (AvgIpc) is 2.92. The molecule has 0 unspecified atom stereocenters. The van der Waals surface area contributed by atoms with E-state index in [1.807, 2.05) is 25.1 Å². The largest absolute Gasteiger partial charge is 0.496 e. The fourth-order valence-electron chi connectivity index (χ4n) is 3.34. The predicted molar refractivity (Wildman–Crippen MR) is 114 cm³/mol. The van der Waals surface area contributed by atoms with Gasteiger partial charge in [-0.25, -0.2) is 0 Å². The molecule has 2 amide bonds. The Morgan fingerprint density at radius 2 is 1.86 bits per heavy atom. The van der Waals surface area contributed by atoms with E-state index in [0.717, 1.165) is 39.8 Å². The number of benzene rings is 2. The van der Waals surface area contributed by atoms with Gasteiger partial charge in [-0.1, -0.05) is 55.4 Å². The Hall–Kier alpha value is -1.98. The molecule has 28 heavy (non-hydrogen) atoms. The molecule has 1 heterocycles. The van der Waals surface area contributed by atoms with E-state index in [1.165, 1.54) is 4.90 Å². The van der Waals surface area contributed by atoms with Gasteiger partial charge in [0.15, 0.2) is 0 Å². The van der Waals surface area contributed by atoms with Crippen LogP contribution in [0.2, 0.25) is 5.02 Å². The number of rotatable bonds is 6. The third-order valence-corrected chi connectivity index (χ3v) is 6.30. The van der Waals surface area contributed by atoms with Crippen LogP contribution in [0, 0.1) is 6.92 Å². The Morgan fingerprint density at radius 1 is 1.18 bits per heavy atom. The summed E-state index contributed by atoms with van der Waals surface area (Å²) in [4.78, 5) is 26.7. The highest BCUT2D eigenvalue weighted by Gasteiger charge is 2.39. The van der Waals surface area contributed by atoms with E-state index >= 15 is 0 Å². The van der Waals surface area contributed by atoms with Gasteiger partial charge < -0.3 is 4.74 Å². The second kappa shape index (κ2) is 8.58. The molecule has 0 radical (unpaired) electrons. The normalized spacial score (nSPS) is 16.9. The molecule has 4 nitrogen and oxygen atoms in total. The van der Waals surface area contributed by atoms with Crippen molar-refractivity contribution < 1.29 is 14.3 Å². The highest BCUT2D eigenvalue weighted by Crippen LogP contribution is 2.35. The molecule has 0 spiro atoms. The summed E-state index contributed by atoms with van der Waals surface area (Å²) in [6, 6.07) is 11.3. The van der Waals surface area contributed by atoms with Gasteiger partial charge >= 0.3 is 0 Å². The number of carbonyl (C=O) groups excluding carboxylic acids is 2. The lowest BCUT2D eigenvalue weighted by Crippen LogP contribution is -2.31. The third-order valence-electron chi connectivity index (χ3n) is 4.97. The zero-order chi connectivity index (χ0) is 20.4. The number of aryl methyl sites for hydroxylation is 1. The minimum absolute atomic E-state index is 0.133. The van der Waals surface area contributed by atoms with Crippen molar-refractivity contribution in [2.45, 2.75) is 44.9 Å². The first-order valence-electron chi connectivity index (χ1n) is 9.24. The maximum Gasteiger partial charge on any atom is 0.289 e. The van der Waals surface area contributed by atoms with Crippen molar-refractivity contribution in [2.75, 3.05) is 7.11 Å². The van der Waals surface area contributed by atoms with E-state index in [4.69, 9.17) is 16.3 Å². The summed E-state index contributed by atoms with van der Waals surface area (Å²) in [6.45, 7) is 6.52. The minimum atomic E-state index is -0.396. The number of methoxy groups -OCH3 is 1. The van der Waals surface area contributed by atoms with Gasteiger partial charge in [-0.2, -0.15) is 0 Å². The Bertz CT molecular complexity index is 895. The molecule has 3 rings (SSSR count). The van der Waals surface area contributed by atoms with Gasteiger partial charge in [0.1, 0.15) is 5.75 Å². The number of carbonyl (C=O) groups is 2. The number of thioether (sulfide) groups is 1. The summed E-state index contributed by atoms with van der Waals surface area (Å²) < 4.78 is 5.50. The Morgan fingerprint density at radius 3 is 2.46 bits per heavy atom. The molecule has 0 aromatic heterocycles. The van der Waals surface area contributed by atoms with Crippen LogP contribution in [0.25, 0.3) is 0 Å². The Balaban J connectivity index is 1.78. The van der Waals surface area contributed by atoms with Crippen LogP contribution in [0.1, 0.15) is 42.0 Å². The fraction of sp³-hybridized carbons (Fsp3) is 0.364. The van der Waals surface area contributed by atoms with E-state index in [-0.39, 0.29) is 17.7 Å². The smallest absolute Gasteiger partial charge is 0.289 e. The quantitative estimate of drug-likeness (QED) is 0.614. The second-order valence-electron chi connectivity index (χ2n) is 7.30. The number of hydrogen-bond acceptors (Lipinski definition) is 4. The van der Waals surface area contributed by atoms with Crippen molar-refractivity contribution in [1.82, 2.24) is 4.90 Å². The fourth-order valence-corrected chi connectivity index (χ4v) is 4.48. The van der Waals surface area contributed by atoms with Crippen LogP contribution in [0.4, 0.5) is 4.79 Å². The molecule has 148 valence electrons. The molecule has 2 aromatic rings. The van der Waals surface area contributed by atoms with Gasteiger partial charge in [0, 0.05) is 5.02 Å². The summed E-state index contributed by atoms with van der Waals surface area (Å²) in [5.41, 5.74) is 4.15. The summed E-state index contributed by atoms with van der Waals surface area (Å²) >= 11 is 7.02. The maximum absolute atomic E-state index is 12.9. The second-order valence-corrected chi connectivity index (χ2v) is 8.89. The number of hydrogen-bond donors (Lipinski definition) is 0. The maximum atomic E-state index is 12.9. The van der Waals surface area contributed by atoms with Crippen molar-refractivity contribution in [1.29, 1.82) is 0 Å². The van der Waals surface area contributed by atoms with E-state index in [1.54, 1.807) is 19.2 Å². The molecule has 2 aromatic carbocycles. The molecular weight excluding hydrogens is 394 g/mol. The van der Waals surface area contributed by atoms with Crippen LogP contribution in [0.15, 0.2) is 36.4 Å². The SMILES string of the molecule is COc1cc(C)c(C[C@@H]2SC(=O)N(Cc3ccc(Cl)cc3)C2=O)cc1C(C)C. The molecule has 0 N–H and O–H groups in total. The first-order chi connectivity index (χ1) is 13.3. The van der Waals surface area contributed by atoms with Crippen molar-refractivity contribution in [3.05, 3.63) is 63.7 Å². The van der Waals surface area contributed by atoms with E-state index in [9.17, 15) is 9.59 Å². The highest BCUT2D eigenvalue weighted by molar-refractivity contribution is 8.15. The molecule has 0 bridgehead atoms. The van der Waals surface area contributed by atoms with E-state index in [2.05, 4.69) is 19.9 Å². The van der Waals surface area contributed by atoms with Crippen LogP contribution in [-0.4, -0.2) is 28.4 Å². The predicted octanol–water partition coefficient (Wildman–Crippen LogP) is 5.59. The van der Waals surface area contributed by atoms with Crippen molar-refractivity contribution in [2.24, 2.45) is 0 Å². The van der Waals surface area contributed by atoms with Gasteiger partial charge in [-0.15, -0.1) is 0 Å². The highest BCUT2D eigenvalue weighted by atomic mass is 35.5. The van der Waals surface area contributed by atoms with Crippen LogP contribution in [-0.2, 0) is 17.8 Å². The first-order valence-corrected chi connectivity index (χ1v) is 10.5. The number of imide groups is 1. The lowest BCUT2D eigenvalue weighted by atomic mass is 9.94. The zero-order valence-electron chi connectivity index (χ0n) is 16.5. The van der Waals surface area contributed by atoms with Crippen LogP contribution in [0.3, 0.4) is 0 Å². The molecule has 0 aliphatic carbocycles. The molecule has 1 saturated heterocycles. The first kappa shape index (κ1) is 20.7. The lowest BCUT2D eigenvalue weighted by Gasteiger charge is -2.18. The molecule has 1 aliphatic rings. The van der Waals surface area contributed by atoms with E-state index in [0.29, 0.717) is 17.4 Å². The lowest BCUT2D eigenvalue weighted by molar-refractivity contribution is -0.127. The Kier molecular flexibility index (Phi) is 6.36. The van der Waals surface area contributed by atoms with Crippen molar-refractivity contribution >= 4 is 34.5 Å². The summed E-state index contributed by atoms with van der Waals surface area (Å²) in [7, 11) is 1.67. The summed E-state index contributed by atoms with van der Waals surface area (Å²) in [5, 5.41) is 0.0399. The number of amides is 2. The zero-order valence-corrected chi connectivity index (χ0v) is 18.1. The molecular formula is C22H24ClNO3S. The molecule has 6 heteroatoms. The van der Waals surface area contributed by atoms with Gasteiger partial charge in [-0.3, -0.25) is 14.5 Å². The monoisotopic (exact) mass is 417 g/mol. The average molecular weight is 418 g/mol. The van der Waals surface area contributed by atoms with Crippen LogP contribution in [0.5, 0.6) is 5.75 Å². The van der Waals surface area contributed by atoms with Crippen molar-refractivity contribution in [3.8, 4) is 5.75 Å². The molecule has 1 atom stereocenters. The van der Waals surface area contributed by atoms with Gasteiger partial charge in [0.25, 0.3) is 5.24 Å². The minimum Gasteiger partial charge on any atom is -0.496 e. The van der Waals surface area contributed by atoms with E-state index < -0.39 is 5.25 Å². The van der Waals surface area contributed by atoms with Crippen LogP contribution >= 0.6 is 23.4 Å².